The van der Waals surface area contributed by atoms with Crippen molar-refractivity contribution in [1.82, 2.24) is 9.55 Å². The van der Waals surface area contributed by atoms with Crippen LogP contribution in [0.3, 0.4) is 0 Å². The normalized spacial score (nSPS) is 13.5. The number of hydrogen-bond donors (Lipinski definition) is 1. The average Bonchev–Trinajstić information content (AvgIpc) is 2.97. The molecule has 2 aromatic heterocycles. The molecule has 3 aromatic rings. The largest absolute Gasteiger partial charge is 0.493 e. The highest BCUT2D eigenvalue weighted by molar-refractivity contribution is 5.98. The van der Waals surface area contributed by atoms with Gasteiger partial charge in [0.25, 0.3) is 0 Å². The van der Waals surface area contributed by atoms with E-state index in [1.807, 2.05) is 36.9 Å². The summed E-state index contributed by atoms with van der Waals surface area (Å²) in [5.74, 6) is 0.109. The van der Waals surface area contributed by atoms with Crippen molar-refractivity contribution in [1.29, 1.82) is 0 Å². The lowest BCUT2D eigenvalue weighted by molar-refractivity contribution is -0.136. The SMILES string of the molecule is Cc1nc2c(ccn2C)c(-c2ccc3c(c2C)CCCO3)c1CC(=O)O. The lowest BCUT2D eigenvalue weighted by Gasteiger charge is -2.23. The molecule has 0 amide bonds. The van der Waals surface area contributed by atoms with Crippen LogP contribution in [0.2, 0.25) is 0 Å². The number of ether oxygens (including phenoxy) is 1. The standard InChI is InChI=1S/C21H22N2O3/c1-12-14-5-4-10-26-18(14)7-6-15(12)20-16-8-9-23(3)21(16)22-13(2)17(20)11-19(24)25/h6-9H,4-5,10-11H2,1-3H3,(H,24,25). The van der Waals surface area contributed by atoms with Gasteiger partial charge in [0.2, 0.25) is 0 Å². The monoisotopic (exact) mass is 350 g/mol. The Hall–Kier alpha value is -2.82. The van der Waals surface area contributed by atoms with E-state index in [1.165, 1.54) is 11.1 Å². The number of benzene rings is 1. The van der Waals surface area contributed by atoms with E-state index in [0.717, 1.165) is 58.6 Å². The van der Waals surface area contributed by atoms with Gasteiger partial charge in [0.1, 0.15) is 11.4 Å². The molecule has 0 aliphatic carbocycles. The van der Waals surface area contributed by atoms with Crippen LogP contribution in [-0.2, 0) is 24.7 Å². The Bertz CT molecular complexity index is 1030. The van der Waals surface area contributed by atoms with Crippen molar-refractivity contribution in [2.45, 2.75) is 33.1 Å². The van der Waals surface area contributed by atoms with Crippen LogP contribution < -0.4 is 4.74 Å². The van der Waals surface area contributed by atoms with Gasteiger partial charge in [-0.15, -0.1) is 0 Å². The summed E-state index contributed by atoms with van der Waals surface area (Å²) in [7, 11) is 1.96. The minimum Gasteiger partial charge on any atom is -0.493 e. The number of carboxylic acid groups (broad SMARTS) is 1. The molecule has 1 aromatic carbocycles. The van der Waals surface area contributed by atoms with Gasteiger partial charge in [0.05, 0.1) is 13.0 Å². The molecule has 0 spiro atoms. The Morgan fingerprint density at radius 3 is 2.88 bits per heavy atom. The van der Waals surface area contributed by atoms with Crippen molar-refractivity contribution < 1.29 is 14.6 Å². The van der Waals surface area contributed by atoms with Gasteiger partial charge in [0, 0.05) is 24.3 Å². The van der Waals surface area contributed by atoms with Crippen LogP contribution in [0.1, 0.15) is 28.8 Å². The predicted octanol–water partition coefficient (Wildman–Crippen LogP) is 3.81. The van der Waals surface area contributed by atoms with Crippen molar-refractivity contribution in [2.24, 2.45) is 7.05 Å². The number of rotatable bonds is 3. The van der Waals surface area contributed by atoms with E-state index in [4.69, 9.17) is 4.74 Å². The molecule has 1 aliphatic rings. The van der Waals surface area contributed by atoms with Gasteiger partial charge in [-0.05, 0) is 66.6 Å². The maximum atomic E-state index is 11.5. The first kappa shape index (κ1) is 16.6. The van der Waals surface area contributed by atoms with E-state index in [0.29, 0.717) is 0 Å². The zero-order valence-electron chi connectivity index (χ0n) is 15.3. The summed E-state index contributed by atoms with van der Waals surface area (Å²) in [4.78, 5) is 16.2. The van der Waals surface area contributed by atoms with Crippen molar-refractivity contribution in [2.75, 3.05) is 6.61 Å². The molecular formula is C21H22N2O3. The van der Waals surface area contributed by atoms with Gasteiger partial charge in [-0.25, -0.2) is 4.98 Å². The molecule has 3 heterocycles. The molecule has 26 heavy (non-hydrogen) atoms. The fourth-order valence-corrected chi connectivity index (χ4v) is 3.98. The molecule has 5 heteroatoms. The Balaban J connectivity index is 2.05. The molecule has 1 N–H and O–H groups in total. The fourth-order valence-electron chi connectivity index (χ4n) is 3.98. The molecule has 0 radical (unpaired) electrons. The Morgan fingerprint density at radius 1 is 1.31 bits per heavy atom. The number of aliphatic carboxylic acids is 1. The van der Waals surface area contributed by atoms with Gasteiger partial charge in [-0.3, -0.25) is 4.79 Å². The number of carbonyl (C=O) groups is 1. The number of nitrogens with zero attached hydrogens (tertiary/aromatic N) is 2. The summed E-state index contributed by atoms with van der Waals surface area (Å²) in [6.45, 7) is 4.76. The smallest absolute Gasteiger partial charge is 0.307 e. The van der Waals surface area contributed by atoms with Crippen LogP contribution in [0, 0.1) is 13.8 Å². The van der Waals surface area contributed by atoms with Crippen LogP contribution in [0.15, 0.2) is 24.4 Å². The van der Waals surface area contributed by atoms with Gasteiger partial charge in [-0.2, -0.15) is 0 Å². The summed E-state index contributed by atoms with van der Waals surface area (Å²) < 4.78 is 7.77. The Labute approximate surface area is 152 Å². The molecule has 0 saturated carbocycles. The number of fused-ring (bicyclic) bond motifs is 2. The van der Waals surface area contributed by atoms with Crippen molar-refractivity contribution in [3.8, 4) is 16.9 Å². The molecule has 0 fully saturated rings. The van der Waals surface area contributed by atoms with Crippen LogP contribution in [0.4, 0.5) is 0 Å². The molecule has 0 saturated heterocycles. The van der Waals surface area contributed by atoms with Crippen LogP contribution >= 0.6 is 0 Å². The van der Waals surface area contributed by atoms with Gasteiger partial charge in [-0.1, -0.05) is 6.07 Å². The average molecular weight is 350 g/mol. The summed E-state index contributed by atoms with van der Waals surface area (Å²) in [5, 5.41) is 10.4. The quantitative estimate of drug-likeness (QED) is 0.780. The molecule has 0 unspecified atom stereocenters. The molecule has 5 nitrogen and oxygen atoms in total. The second kappa shape index (κ2) is 6.16. The second-order valence-electron chi connectivity index (χ2n) is 6.95. The summed E-state index contributed by atoms with van der Waals surface area (Å²) in [6, 6.07) is 6.11. The maximum absolute atomic E-state index is 11.5. The molecule has 0 bridgehead atoms. The lowest BCUT2D eigenvalue weighted by Crippen LogP contribution is -2.11. The van der Waals surface area contributed by atoms with Crippen molar-refractivity contribution in [3.63, 3.8) is 0 Å². The third-order valence-electron chi connectivity index (χ3n) is 5.30. The van der Waals surface area contributed by atoms with E-state index < -0.39 is 5.97 Å². The lowest BCUT2D eigenvalue weighted by atomic mass is 9.88. The third-order valence-corrected chi connectivity index (χ3v) is 5.30. The highest BCUT2D eigenvalue weighted by Gasteiger charge is 2.22. The summed E-state index contributed by atoms with van der Waals surface area (Å²) >= 11 is 0. The molecular weight excluding hydrogens is 328 g/mol. The minimum atomic E-state index is -0.842. The number of aromatic nitrogens is 2. The van der Waals surface area contributed by atoms with Gasteiger partial charge < -0.3 is 14.4 Å². The van der Waals surface area contributed by atoms with Crippen LogP contribution in [0.5, 0.6) is 5.75 Å². The third kappa shape index (κ3) is 2.55. The zero-order chi connectivity index (χ0) is 18.4. The first-order valence-electron chi connectivity index (χ1n) is 8.89. The topological polar surface area (TPSA) is 64.4 Å². The highest BCUT2D eigenvalue weighted by atomic mass is 16.5. The fraction of sp³-hybridized carbons (Fsp3) is 0.333. The van der Waals surface area contributed by atoms with E-state index in [-0.39, 0.29) is 6.42 Å². The summed E-state index contributed by atoms with van der Waals surface area (Å²) in [5.41, 5.74) is 6.90. The number of aryl methyl sites for hydroxylation is 2. The Kier molecular flexibility index (Phi) is 3.94. The molecule has 4 rings (SSSR count). The van der Waals surface area contributed by atoms with Crippen molar-refractivity contribution in [3.05, 3.63) is 46.8 Å². The first-order valence-corrected chi connectivity index (χ1v) is 8.89. The van der Waals surface area contributed by atoms with E-state index in [2.05, 4.69) is 18.0 Å². The highest BCUT2D eigenvalue weighted by Crippen LogP contribution is 2.40. The van der Waals surface area contributed by atoms with Gasteiger partial charge >= 0.3 is 5.97 Å². The zero-order valence-corrected chi connectivity index (χ0v) is 15.3. The predicted molar refractivity (Wildman–Crippen MR) is 101 cm³/mol. The molecule has 1 aliphatic heterocycles. The first-order chi connectivity index (χ1) is 12.5. The van der Waals surface area contributed by atoms with E-state index >= 15 is 0 Å². The minimum absolute atomic E-state index is 0.0357. The molecule has 0 atom stereocenters. The second-order valence-corrected chi connectivity index (χ2v) is 6.95. The van der Waals surface area contributed by atoms with Crippen molar-refractivity contribution >= 4 is 17.0 Å². The van der Waals surface area contributed by atoms with Crippen LogP contribution in [-0.4, -0.2) is 27.2 Å². The number of carboxylic acids is 1. The summed E-state index contributed by atoms with van der Waals surface area (Å²) in [6.07, 6.45) is 3.94. The maximum Gasteiger partial charge on any atom is 0.307 e. The number of hydrogen-bond acceptors (Lipinski definition) is 3. The van der Waals surface area contributed by atoms with Crippen LogP contribution in [0.25, 0.3) is 22.2 Å². The van der Waals surface area contributed by atoms with E-state index in [1.54, 1.807) is 0 Å². The number of pyridine rings is 1. The Morgan fingerprint density at radius 2 is 2.12 bits per heavy atom. The van der Waals surface area contributed by atoms with E-state index in [9.17, 15) is 9.90 Å². The molecule has 134 valence electrons. The van der Waals surface area contributed by atoms with Gasteiger partial charge in [0.15, 0.2) is 0 Å².